The van der Waals surface area contributed by atoms with Gasteiger partial charge < -0.3 is 10.4 Å². The predicted molar refractivity (Wildman–Crippen MR) is 99.4 cm³/mol. The molecule has 0 bridgehead atoms. The van der Waals surface area contributed by atoms with Crippen molar-refractivity contribution in [2.24, 2.45) is 0 Å². The normalized spacial score (nSPS) is 20.6. The molecule has 3 heterocycles. The minimum Gasteiger partial charge on any atom is -0.481 e. The van der Waals surface area contributed by atoms with Crippen molar-refractivity contribution >= 4 is 49.2 Å². The van der Waals surface area contributed by atoms with Crippen molar-refractivity contribution in [3.05, 3.63) is 47.5 Å². The highest BCUT2D eigenvalue weighted by molar-refractivity contribution is 8.29. The van der Waals surface area contributed by atoms with Gasteiger partial charge in [-0.2, -0.15) is 10.9 Å². The molecule has 0 saturated heterocycles. The Balaban J connectivity index is 1.71. The summed E-state index contributed by atoms with van der Waals surface area (Å²) >= 11 is 1.23. The fourth-order valence-electron chi connectivity index (χ4n) is 2.92. The van der Waals surface area contributed by atoms with Gasteiger partial charge >= 0.3 is 5.97 Å². The van der Waals surface area contributed by atoms with Crippen LogP contribution < -0.4 is 5.32 Å². The number of carbonyl (C=O) groups excluding carboxylic acids is 1. The molecule has 1 aromatic carbocycles. The molecule has 0 saturated carbocycles. The van der Waals surface area contributed by atoms with Crippen molar-refractivity contribution in [2.45, 2.75) is 23.1 Å². The van der Waals surface area contributed by atoms with Crippen molar-refractivity contribution in [3.8, 4) is 0 Å². The number of hydrogen-bond acceptors (Lipinski definition) is 6. The second kappa shape index (κ2) is 6.65. The van der Waals surface area contributed by atoms with E-state index in [2.05, 4.69) is 15.3 Å². The van der Waals surface area contributed by atoms with Gasteiger partial charge in [0.25, 0.3) is 0 Å². The summed E-state index contributed by atoms with van der Waals surface area (Å²) in [6, 6.07) is 5.68. The second-order valence-electron chi connectivity index (χ2n) is 5.81. The molecule has 2 atom stereocenters. The van der Waals surface area contributed by atoms with Crippen LogP contribution in [0.25, 0.3) is 10.2 Å². The molecule has 6 nitrogen and oxygen atoms in total. The number of fused-ring (bicyclic) bond motifs is 2. The minimum absolute atomic E-state index is 0.150. The van der Waals surface area contributed by atoms with Gasteiger partial charge in [-0.1, -0.05) is 6.07 Å². The Morgan fingerprint density at radius 2 is 2.23 bits per heavy atom. The minimum atomic E-state index is -1.34. The Morgan fingerprint density at radius 3 is 3.00 bits per heavy atom. The number of carbonyl (C=O) groups is 2. The van der Waals surface area contributed by atoms with Gasteiger partial charge in [-0.25, -0.2) is 9.37 Å². The van der Waals surface area contributed by atoms with E-state index in [-0.39, 0.29) is 17.4 Å². The van der Waals surface area contributed by atoms with Crippen LogP contribution in [0.5, 0.6) is 0 Å². The lowest BCUT2D eigenvalue weighted by Crippen LogP contribution is -2.35. The highest BCUT2D eigenvalue weighted by Crippen LogP contribution is 2.49. The molecule has 0 amide bonds. The van der Waals surface area contributed by atoms with Crippen LogP contribution >= 0.6 is 22.2 Å². The first-order valence-corrected chi connectivity index (χ1v) is 10.1. The number of nitrogens with zero attached hydrogens (tertiary/aromatic N) is 2. The van der Waals surface area contributed by atoms with E-state index in [0.29, 0.717) is 21.0 Å². The molecule has 3 aromatic rings. The first kappa shape index (κ1) is 16.9. The molecule has 0 spiro atoms. The monoisotopic (exact) mass is 391 g/mol. The number of carboxylic acids is 1. The zero-order valence-corrected chi connectivity index (χ0v) is 15.1. The molecule has 0 aliphatic carbocycles. The number of aliphatic carboxylic acids is 1. The molecule has 2 N–H and O–H groups in total. The average molecular weight is 391 g/mol. The summed E-state index contributed by atoms with van der Waals surface area (Å²) in [7, 11) is -1.34. The number of benzene rings is 1. The first-order chi connectivity index (χ1) is 12.5. The molecule has 4 rings (SSSR count). The van der Waals surface area contributed by atoms with Gasteiger partial charge in [0.2, 0.25) is 0 Å². The second-order valence-corrected chi connectivity index (χ2v) is 8.99. The van der Waals surface area contributed by atoms with E-state index in [0.717, 1.165) is 10.6 Å². The number of nitrogens with one attached hydrogen (secondary N) is 1. The van der Waals surface area contributed by atoms with E-state index in [1.54, 1.807) is 30.6 Å². The third-order valence-corrected chi connectivity index (χ3v) is 7.76. The molecule has 9 heteroatoms. The van der Waals surface area contributed by atoms with E-state index in [1.807, 2.05) is 0 Å². The van der Waals surface area contributed by atoms with E-state index in [9.17, 15) is 14.0 Å². The number of hydrogen-bond donors (Lipinski definition) is 3. The molecule has 2 unspecified atom stereocenters. The summed E-state index contributed by atoms with van der Waals surface area (Å²) in [5.41, 5.74) is 1.29. The van der Waals surface area contributed by atoms with Gasteiger partial charge in [-0.05, 0) is 18.2 Å². The third kappa shape index (κ3) is 3.04. The maximum absolute atomic E-state index is 13.9. The Bertz CT molecular complexity index is 1020. The Hall–Kier alpha value is -2.52. The van der Waals surface area contributed by atoms with E-state index >= 15 is 0 Å². The van der Waals surface area contributed by atoms with Crippen LogP contribution in [-0.4, -0.2) is 32.2 Å². The standard InChI is InChI=1S/C17H14FN3O3S2/c18-9-2-1-3-11-16(9)25-14(21-11)8-26-13-7-19-5-4-10(13)20-12(17(26)24)6-15(22)23/h1-5,7,12,20,26H,6,8H2,(H,22,23). The Labute approximate surface area is 154 Å². The fraction of sp³-hybridized carbons (Fsp3) is 0.176. The maximum Gasteiger partial charge on any atom is 0.305 e. The van der Waals surface area contributed by atoms with Gasteiger partial charge in [0.1, 0.15) is 16.9 Å². The lowest BCUT2D eigenvalue weighted by molar-refractivity contribution is -0.138. The van der Waals surface area contributed by atoms with Gasteiger partial charge in [0, 0.05) is 23.0 Å². The van der Waals surface area contributed by atoms with Crippen LogP contribution in [0.15, 0.2) is 41.6 Å². The molecule has 1 aliphatic heterocycles. The quantitative estimate of drug-likeness (QED) is 0.592. The van der Waals surface area contributed by atoms with Gasteiger partial charge in [0.05, 0.1) is 22.3 Å². The molecular weight excluding hydrogens is 377 g/mol. The smallest absolute Gasteiger partial charge is 0.305 e. The van der Waals surface area contributed by atoms with Crippen LogP contribution in [-0.2, 0) is 15.3 Å². The van der Waals surface area contributed by atoms with E-state index in [1.165, 1.54) is 17.4 Å². The molecule has 0 radical (unpaired) electrons. The van der Waals surface area contributed by atoms with Crippen LogP contribution in [0.4, 0.5) is 10.1 Å². The lowest BCUT2D eigenvalue weighted by atomic mass is 10.2. The van der Waals surface area contributed by atoms with Crippen molar-refractivity contribution in [1.82, 2.24) is 9.97 Å². The number of halogens is 1. The maximum atomic E-state index is 13.9. The number of rotatable bonds is 4. The number of thiol groups is 1. The molecule has 0 fully saturated rings. The van der Waals surface area contributed by atoms with Crippen molar-refractivity contribution in [1.29, 1.82) is 0 Å². The van der Waals surface area contributed by atoms with Crippen molar-refractivity contribution < 1.29 is 19.1 Å². The Kier molecular flexibility index (Phi) is 4.33. The number of anilines is 1. The molecular formula is C17H14FN3O3S2. The molecule has 26 heavy (non-hydrogen) atoms. The SMILES string of the molecule is O=C(O)CC1Nc2ccncc2[SH](Cc2nc3cccc(F)c3s2)C1=O. The summed E-state index contributed by atoms with van der Waals surface area (Å²) in [5, 5.41) is 12.6. The number of pyridine rings is 1. The highest BCUT2D eigenvalue weighted by Gasteiger charge is 2.34. The zero-order chi connectivity index (χ0) is 18.3. The van der Waals surface area contributed by atoms with Crippen LogP contribution in [0.2, 0.25) is 0 Å². The summed E-state index contributed by atoms with van der Waals surface area (Å²) in [5.74, 6) is -1.02. The summed E-state index contributed by atoms with van der Waals surface area (Å²) in [4.78, 5) is 33.3. The van der Waals surface area contributed by atoms with Gasteiger partial charge in [-0.15, -0.1) is 11.3 Å². The van der Waals surface area contributed by atoms with Crippen molar-refractivity contribution in [2.75, 3.05) is 5.32 Å². The number of thiazole rings is 1. The van der Waals surface area contributed by atoms with Crippen LogP contribution in [0.3, 0.4) is 0 Å². The van der Waals surface area contributed by atoms with E-state index in [4.69, 9.17) is 5.11 Å². The average Bonchev–Trinajstić information content (AvgIpc) is 3.02. The molecule has 2 aromatic heterocycles. The molecule has 134 valence electrons. The largest absolute Gasteiger partial charge is 0.481 e. The van der Waals surface area contributed by atoms with Gasteiger partial charge in [-0.3, -0.25) is 14.6 Å². The zero-order valence-electron chi connectivity index (χ0n) is 13.3. The fourth-order valence-corrected chi connectivity index (χ4v) is 6.40. The summed E-state index contributed by atoms with van der Waals surface area (Å²) in [6.45, 7) is 0. The number of aromatic nitrogens is 2. The lowest BCUT2D eigenvalue weighted by Gasteiger charge is -2.32. The van der Waals surface area contributed by atoms with Gasteiger partial charge in [0.15, 0.2) is 5.12 Å². The Morgan fingerprint density at radius 1 is 1.38 bits per heavy atom. The topological polar surface area (TPSA) is 92.2 Å². The predicted octanol–water partition coefficient (Wildman–Crippen LogP) is 3.19. The molecule has 1 aliphatic rings. The third-order valence-electron chi connectivity index (χ3n) is 4.07. The van der Waals surface area contributed by atoms with Crippen LogP contribution in [0, 0.1) is 5.82 Å². The summed E-state index contributed by atoms with van der Waals surface area (Å²) in [6.07, 6.45) is 2.95. The van der Waals surface area contributed by atoms with Crippen LogP contribution in [0.1, 0.15) is 11.4 Å². The highest BCUT2D eigenvalue weighted by atomic mass is 32.2. The van der Waals surface area contributed by atoms with Crippen molar-refractivity contribution in [3.63, 3.8) is 0 Å². The number of carboxylic acid groups (broad SMARTS) is 1. The van der Waals surface area contributed by atoms with E-state index < -0.39 is 22.9 Å². The first-order valence-electron chi connectivity index (χ1n) is 7.80. The summed E-state index contributed by atoms with van der Waals surface area (Å²) < 4.78 is 14.4.